The Morgan fingerprint density at radius 3 is 2.70 bits per heavy atom. The lowest BCUT2D eigenvalue weighted by atomic mass is 10.1. The molecule has 2 heterocycles. The minimum atomic E-state index is -1.13. The van der Waals surface area contributed by atoms with Crippen molar-refractivity contribution >= 4 is 22.4 Å². The van der Waals surface area contributed by atoms with Gasteiger partial charge in [0, 0.05) is 10.9 Å². The maximum absolute atomic E-state index is 14.1. The van der Waals surface area contributed by atoms with Gasteiger partial charge in [-0.2, -0.15) is 0 Å². The Balaban J connectivity index is 0.00000192. The van der Waals surface area contributed by atoms with Gasteiger partial charge in [-0.1, -0.05) is 0 Å². The van der Waals surface area contributed by atoms with Crippen LogP contribution >= 0.6 is 11.3 Å². The molecule has 0 unspecified atom stereocenters. The molecule has 0 radical (unpaired) electrons. The second-order valence-electron chi connectivity index (χ2n) is 5.46. The predicted octanol–water partition coefficient (Wildman–Crippen LogP) is -2.01. The normalized spacial score (nSPS) is 15.3. The van der Waals surface area contributed by atoms with E-state index in [2.05, 4.69) is 16.9 Å². The number of likely N-dealkylation sites (N-methyl/N-ethyl adjacent to an activating group) is 1. The Morgan fingerprint density at radius 2 is 2.09 bits per heavy atom. The van der Waals surface area contributed by atoms with E-state index in [0.717, 1.165) is 37.4 Å². The fourth-order valence-electron chi connectivity index (χ4n) is 2.47. The highest BCUT2D eigenvalue weighted by molar-refractivity contribution is 7.14. The number of nitrogens with one attached hydrogen (secondary N) is 1. The molecule has 5 nitrogen and oxygen atoms in total. The first kappa shape index (κ1) is 17.7. The Hall–Kier alpha value is -1.70. The summed E-state index contributed by atoms with van der Waals surface area (Å²) in [4.78, 5) is 19.1. The molecule has 3 rings (SSSR count). The first-order valence-corrected chi connectivity index (χ1v) is 7.97. The van der Waals surface area contributed by atoms with Crippen molar-refractivity contribution in [3.63, 3.8) is 0 Å². The summed E-state index contributed by atoms with van der Waals surface area (Å²) in [5, 5.41) is 11.6. The summed E-state index contributed by atoms with van der Waals surface area (Å²) >= 11 is 1.49. The molecule has 0 bridgehead atoms. The predicted molar refractivity (Wildman–Crippen MR) is 83.3 cm³/mol. The molecule has 23 heavy (non-hydrogen) atoms. The molecule has 1 aliphatic rings. The van der Waals surface area contributed by atoms with Crippen LogP contribution in [0.2, 0.25) is 0 Å². The zero-order valence-electron chi connectivity index (χ0n) is 12.6. The molecular formula is C15H17ClFN3O2S. The van der Waals surface area contributed by atoms with E-state index >= 15 is 0 Å². The van der Waals surface area contributed by atoms with Crippen LogP contribution in [0.1, 0.15) is 10.4 Å². The van der Waals surface area contributed by atoms with Gasteiger partial charge in [-0.05, 0) is 18.2 Å². The quantitative estimate of drug-likeness (QED) is 0.666. The third-order valence-corrected chi connectivity index (χ3v) is 4.77. The van der Waals surface area contributed by atoms with Crippen molar-refractivity contribution in [2.24, 2.45) is 0 Å². The number of anilines is 1. The Kier molecular flexibility index (Phi) is 5.56. The number of aromatic nitrogens is 1. The SMILES string of the molecule is C[NH+]1CCN(c2nc(-c3ccc(C(=O)O)cc3F)cs2)CC1.[Cl-]. The summed E-state index contributed by atoms with van der Waals surface area (Å²) in [7, 11) is 2.17. The maximum atomic E-state index is 14.1. The molecule has 1 aromatic heterocycles. The molecular weight excluding hydrogens is 341 g/mol. The highest BCUT2D eigenvalue weighted by Gasteiger charge is 2.20. The summed E-state index contributed by atoms with van der Waals surface area (Å²) in [6, 6.07) is 3.92. The van der Waals surface area contributed by atoms with Crippen LogP contribution < -0.4 is 22.2 Å². The number of piperazine rings is 1. The number of hydrogen-bond acceptors (Lipinski definition) is 4. The zero-order chi connectivity index (χ0) is 15.7. The molecule has 0 spiro atoms. The molecule has 1 saturated heterocycles. The fourth-order valence-corrected chi connectivity index (χ4v) is 3.35. The number of quaternary nitrogens is 1. The third-order valence-electron chi connectivity index (χ3n) is 3.87. The molecule has 0 amide bonds. The van der Waals surface area contributed by atoms with E-state index in [-0.39, 0.29) is 18.0 Å². The molecule has 1 aromatic carbocycles. The van der Waals surface area contributed by atoms with Crippen molar-refractivity contribution in [1.29, 1.82) is 0 Å². The van der Waals surface area contributed by atoms with Crippen molar-refractivity contribution in [3.05, 3.63) is 35.0 Å². The number of aromatic carboxylic acids is 1. The number of benzene rings is 1. The fraction of sp³-hybridized carbons (Fsp3) is 0.333. The van der Waals surface area contributed by atoms with E-state index in [1.807, 2.05) is 5.38 Å². The maximum Gasteiger partial charge on any atom is 0.335 e. The van der Waals surface area contributed by atoms with E-state index in [4.69, 9.17) is 5.11 Å². The smallest absolute Gasteiger partial charge is 0.335 e. The van der Waals surface area contributed by atoms with Crippen LogP contribution in [0.5, 0.6) is 0 Å². The number of carboxylic acid groups (broad SMARTS) is 1. The number of carboxylic acids is 1. The summed E-state index contributed by atoms with van der Waals surface area (Å²) in [6.07, 6.45) is 0. The van der Waals surface area contributed by atoms with Gasteiger partial charge >= 0.3 is 5.97 Å². The van der Waals surface area contributed by atoms with Gasteiger partial charge < -0.3 is 27.3 Å². The van der Waals surface area contributed by atoms with E-state index in [1.165, 1.54) is 28.4 Å². The first-order chi connectivity index (χ1) is 10.5. The number of halogens is 2. The van der Waals surface area contributed by atoms with E-state index in [1.54, 1.807) is 0 Å². The zero-order valence-corrected chi connectivity index (χ0v) is 14.1. The number of nitrogens with zero attached hydrogens (tertiary/aromatic N) is 2. The summed E-state index contributed by atoms with van der Waals surface area (Å²) in [5.41, 5.74) is 0.840. The topological polar surface area (TPSA) is 57.9 Å². The van der Waals surface area contributed by atoms with Crippen molar-refractivity contribution in [3.8, 4) is 11.3 Å². The Bertz CT molecular complexity index is 702. The largest absolute Gasteiger partial charge is 1.00 e. The lowest BCUT2D eigenvalue weighted by molar-refractivity contribution is -0.880. The molecule has 0 aliphatic carbocycles. The molecule has 0 saturated carbocycles. The second kappa shape index (κ2) is 7.25. The number of carbonyl (C=O) groups is 1. The van der Waals surface area contributed by atoms with Gasteiger partial charge in [-0.3, -0.25) is 0 Å². The van der Waals surface area contributed by atoms with Crippen molar-refractivity contribution in [1.82, 2.24) is 4.98 Å². The first-order valence-electron chi connectivity index (χ1n) is 7.09. The van der Waals surface area contributed by atoms with Crippen LogP contribution in [0.3, 0.4) is 0 Å². The minimum Gasteiger partial charge on any atom is -1.00 e. The highest BCUT2D eigenvalue weighted by atomic mass is 35.5. The van der Waals surface area contributed by atoms with Gasteiger partial charge in [0.25, 0.3) is 0 Å². The standard InChI is InChI=1S/C15H16FN3O2S.ClH/c1-18-4-6-19(7-5-18)15-17-13(9-22-15)11-3-2-10(14(20)21)8-12(11)16;/h2-3,8-9H,4-7H2,1H3,(H,20,21);1H. The van der Waals surface area contributed by atoms with Gasteiger partial charge in [0.05, 0.1) is 44.5 Å². The highest BCUT2D eigenvalue weighted by Crippen LogP contribution is 2.29. The molecule has 2 N–H and O–H groups in total. The summed E-state index contributed by atoms with van der Waals surface area (Å²) < 4.78 is 14.1. The number of rotatable bonds is 3. The third kappa shape index (κ3) is 3.80. The molecule has 1 fully saturated rings. The van der Waals surface area contributed by atoms with E-state index in [9.17, 15) is 9.18 Å². The molecule has 0 atom stereocenters. The Labute approximate surface area is 143 Å². The van der Waals surface area contributed by atoms with Crippen molar-refractivity contribution in [2.45, 2.75) is 0 Å². The van der Waals surface area contributed by atoms with Crippen LogP contribution in [-0.2, 0) is 0 Å². The monoisotopic (exact) mass is 357 g/mol. The van der Waals surface area contributed by atoms with Crippen molar-refractivity contribution in [2.75, 3.05) is 38.1 Å². The van der Waals surface area contributed by atoms with Crippen LogP contribution in [0.25, 0.3) is 11.3 Å². The van der Waals surface area contributed by atoms with Crippen LogP contribution in [0.4, 0.5) is 9.52 Å². The second-order valence-corrected chi connectivity index (χ2v) is 6.30. The Morgan fingerprint density at radius 1 is 1.39 bits per heavy atom. The summed E-state index contributed by atoms with van der Waals surface area (Å²) in [6.45, 7) is 4.02. The van der Waals surface area contributed by atoms with E-state index < -0.39 is 11.8 Å². The summed E-state index contributed by atoms with van der Waals surface area (Å²) in [5.74, 6) is -1.69. The van der Waals surface area contributed by atoms with Crippen LogP contribution in [0.15, 0.2) is 23.6 Å². The average Bonchev–Trinajstić information content (AvgIpc) is 2.97. The lowest BCUT2D eigenvalue weighted by Crippen LogP contribution is -3.12. The van der Waals surface area contributed by atoms with Gasteiger partial charge in [-0.15, -0.1) is 11.3 Å². The molecule has 1 aliphatic heterocycles. The van der Waals surface area contributed by atoms with Crippen LogP contribution in [-0.4, -0.2) is 49.3 Å². The van der Waals surface area contributed by atoms with Gasteiger partial charge in [-0.25, -0.2) is 14.2 Å². The molecule has 2 aromatic rings. The molecule has 8 heteroatoms. The lowest BCUT2D eigenvalue weighted by Gasteiger charge is -2.29. The van der Waals surface area contributed by atoms with E-state index in [0.29, 0.717) is 11.3 Å². The van der Waals surface area contributed by atoms with Crippen molar-refractivity contribution < 1.29 is 31.6 Å². The van der Waals surface area contributed by atoms with Gasteiger partial charge in [0.15, 0.2) is 5.13 Å². The molecule has 124 valence electrons. The average molecular weight is 358 g/mol. The minimum absolute atomic E-state index is 0. The van der Waals surface area contributed by atoms with Crippen LogP contribution in [0, 0.1) is 5.82 Å². The van der Waals surface area contributed by atoms with Gasteiger partial charge in [0.1, 0.15) is 5.82 Å². The number of thiazole rings is 1. The van der Waals surface area contributed by atoms with Gasteiger partial charge in [0.2, 0.25) is 0 Å². The number of hydrogen-bond donors (Lipinski definition) is 2.